The summed E-state index contributed by atoms with van der Waals surface area (Å²) < 4.78 is 26.3. The molecule has 124 valence electrons. The Bertz CT molecular complexity index is 425. The van der Waals surface area contributed by atoms with Gasteiger partial charge in [-0.05, 0) is 25.2 Å². The molecule has 0 aromatic heterocycles. The summed E-state index contributed by atoms with van der Waals surface area (Å²) >= 11 is 0. The molecule has 0 radical (unpaired) electrons. The monoisotopic (exact) mass is 319 g/mol. The second kappa shape index (κ2) is 8.70. The third kappa shape index (κ3) is 5.92. The summed E-state index contributed by atoms with van der Waals surface area (Å²) in [5, 5.41) is 2.75. The van der Waals surface area contributed by atoms with Gasteiger partial charge in [0.05, 0.1) is 11.7 Å². The summed E-state index contributed by atoms with van der Waals surface area (Å²) in [4.78, 5) is 12.0. The lowest BCUT2D eigenvalue weighted by Crippen LogP contribution is -2.47. The molecule has 1 saturated heterocycles. The minimum atomic E-state index is -3.26. The largest absolute Gasteiger partial charge is 0.355 e. The summed E-state index contributed by atoms with van der Waals surface area (Å²) in [6.07, 6.45) is 3.38. The van der Waals surface area contributed by atoms with E-state index in [1.807, 2.05) is 6.92 Å². The van der Waals surface area contributed by atoms with Crippen molar-refractivity contribution in [3.05, 3.63) is 0 Å². The fourth-order valence-corrected chi connectivity index (χ4v) is 4.70. The fourth-order valence-electron chi connectivity index (χ4n) is 2.79. The van der Waals surface area contributed by atoms with E-state index in [1.165, 1.54) is 4.31 Å². The van der Waals surface area contributed by atoms with Crippen molar-refractivity contribution >= 4 is 15.9 Å². The highest BCUT2D eigenvalue weighted by atomic mass is 32.2. The molecular weight excluding hydrogens is 290 g/mol. The van der Waals surface area contributed by atoms with Gasteiger partial charge >= 0.3 is 0 Å². The molecule has 2 unspecified atom stereocenters. The zero-order valence-electron chi connectivity index (χ0n) is 13.2. The SMILES string of the molecule is CCCC(C)CS(=O)(=O)N1CCCC(C(=O)NCCN)C1. The number of sulfonamides is 1. The van der Waals surface area contributed by atoms with Crippen LogP contribution in [0.25, 0.3) is 0 Å². The molecule has 1 rings (SSSR count). The fraction of sp³-hybridized carbons (Fsp3) is 0.929. The minimum absolute atomic E-state index is 0.0815. The van der Waals surface area contributed by atoms with Crippen LogP contribution in [-0.2, 0) is 14.8 Å². The van der Waals surface area contributed by atoms with Crippen LogP contribution >= 0.6 is 0 Å². The van der Waals surface area contributed by atoms with Gasteiger partial charge in [0.2, 0.25) is 15.9 Å². The van der Waals surface area contributed by atoms with E-state index in [4.69, 9.17) is 5.73 Å². The Hall–Kier alpha value is -0.660. The van der Waals surface area contributed by atoms with Crippen molar-refractivity contribution in [3.63, 3.8) is 0 Å². The molecule has 2 atom stereocenters. The van der Waals surface area contributed by atoms with E-state index in [9.17, 15) is 13.2 Å². The standard InChI is InChI=1S/C14H29N3O3S/c1-3-5-12(2)11-21(19,20)17-9-4-6-13(10-17)14(18)16-8-7-15/h12-13H,3-11,15H2,1-2H3,(H,16,18). The Morgan fingerprint density at radius 1 is 1.48 bits per heavy atom. The van der Waals surface area contributed by atoms with Gasteiger partial charge in [0.1, 0.15) is 0 Å². The maximum Gasteiger partial charge on any atom is 0.224 e. The Balaban J connectivity index is 2.60. The van der Waals surface area contributed by atoms with Gasteiger partial charge in [-0.2, -0.15) is 0 Å². The summed E-state index contributed by atoms with van der Waals surface area (Å²) in [5.74, 6) is 0.00721. The average Bonchev–Trinajstić information content (AvgIpc) is 2.44. The number of rotatable bonds is 8. The van der Waals surface area contributed by atoms with Crippen molar-refractivity contribution < 1.29 is 13.2 Å². The summed E-state index contributed by atoms with van der Waals surface area (Å²) in [5.41, 5.74) is 5.37. The number of nitrogens with two attached hydrogens (primary N) is 1. The van der Waals surface area contributed by atoms with Crippen LogP contribution in [0.2, 0.25) is 0 Å². The molecule has 1 heterocycles. The van der Waals surface area contributed by atoms with Crippen LogP contribution in [0.1, 0.15) is 39.5 Å². The molecule has 21 heavy (non-hydrogen) atoms. The normalized spacial score (nSPS) is 22.0. The first-order valence-electron chi connectivity index (χ1n) is 7.86. The summed E-state index contributed by atoms with van der Waals surface area (Å²) in [7, 11) is -3.26. The molecule has 0 aromatic rings. The van der Waals surface area contributed by atoms with E-state index in [2.05, 4.69) is 12.2 Å². The summed E-state index contributed by atoms with van der Waals surface area (Å²) in [6.45, 7) is 5.70. The van der Waals surface area contributed by atoms with Crippen molar-refractivity contribution in [1.82, 2.24) is 9.62 Å². The number of nitrogens with one attached hydrogen (secondary N) is 1. The van der Waals surface area contributed by atoms with E-state index in [1.54, 1.807) is 0 Å². The first-order valence-corrected chi connectivity index (χ1v) is 9.47. The molecule has 1 aliphatic heterocycles. The number of carbonyl (C=O) groups is 1. The van der Waals surface area contributed by atoms with Gasteiger partial charge in [-0.25, -0.2) is 12.7 Å². The van der Waals surface area contributed by atoms with Gasteiger partial charge in [-0.1, -0.05) is 20.3 Å². The molecule has 1 aliphatic rings. The first-order chi connectivity index (χ1) is 9.90. The van der Waals surface area contributed by atoms with Gasteiger partial charge < -0.3 is 11.1 Å². The minimum Gasteiger partial charge on any atom is -0.355 e. The number of hydrogen-bond acceptors (Lipinski definition) is 4. The zero-order valence-corrected chi connectivity index (χ0v) is 14.0. The highest BCUT2D eigenvalue weighted by Gasteiger charge is 2.32. The first kappa shape index (κ1) is 18.4. The molecule has 6 nitrogen and oxygen atoms in total. The Morgan fingerprint density at radius 2 is 2.19 bits per heavy atom. The molecule has 0 bridgehead atoms. The number of nitrogens with zero attached hydrogens (tertiary/aromatic N) is 1. The van der Waals surface area contributed by atoms with Crippen molar-refractivity contribution in [2.45, 2.75) is 39.5 Å². The third-order valence-electron chi connectivity index (χ3n) is 3.87. The van der Waals surface area contributed by atoms with E-state index in [-0.39, 0.29) is 23.5 Å². The van der Waals surface area contributed by atoms with Gasteiger partial charge in [-0.3, -0.25) is 4.79 Å². The van der Waals surface area contributed by atoms with E-state index in [0.29, 0.717) is 26.2 Å². The van der Waals surface area contributed by atoms with Gasteiger partial charge in [0.15, 0.2) is 0 Å². The average molecular weight is 319 g/mol. The predicted octanol–water partition coefficient (Wildman–Crippen LogP) is 0.539. The second-order valence-electron chi connectivity index (χ2n) is 5.95. The van der Waals surface area contributed by atoms with Gasteiger partial charge in [-0.15, -0.1) is 0 Å². The van der Waals surface area contributed by atoms with Crippen LogP contribution < -0.4 is 11.1 Å². The lowest BCUT2D eigenvalue weighted by atomic mass is 9.99. The molecule has 7 heteroatoms. The Labute approximate surface area is 128 Å². The van der Waals surface area contributed by atoms with Crippen LogP contribution in [0.3, 0.4) is 0 Å². The predicted molar refractivity (Wildman–Crippen MR) is 84.2 cm³/mol. The molecule has 1 amide bonds. The van der Waals surface area contributed by atoms with Crippen molar-refractivity contribution in [1.29, 1.82) is 0 Å². The molecule has 0 aromatic carbocycles. The van der Waals surface area contributed by atoms with E-state index < -0.39 is 10.0 Å². The molecule has 3 N–H and O–H groups in total. The summed E-state index contributed by atoms with van der Waals surface area (Å²) in [6, 6.07) is 0. The van der Waals surface area contributed by atoms with Crippen molar-refractivity contribution in [2.24, 2.45) is 17.6 Å². The number of hydrogen-bond donors (Lipinski definition) is 2. The third-order valence-corrected chi connectivity index (χ3v) is 5.98. The quantitative estimate of drug-likeness (QED) is 0.683. The molecule has 0 saturated carbocycles. The van der Waals surface area contributed by atoms with Crippen LogP contribution in [-0.4, -0.2) is 50.6 Å². The van der Waals surface area contributed by atoms with Crippen LogP contribution in [0.4, 0.5) is 0 Å². The number of carbonyl (C=O) groups excluding carboxylic acids is 1. The van der Waals surface area contributed by atoms with Gasteiger partial charge in [0.25, 0.3) is 0 Å². The maximum absolute atomic E-state index is 12.4. The van der Waals surface area contributed by atoms with Crippen molar-refractivity contribution in [3.8, 4) is 0 Å². The smallest absolute Gasteiger partial charge is 0.224 e. The lowest BCUT2D eigenvalue weighted by molar-refractivity contribution is -0.126. The van der Waals surface area contributed by atoms with Crippen LogP contribution in [0.15, 0.2) is 0 Å². The topological polar surface area (TPSA) is 92.5 Å². The van der Waals surface area contributed by atoms with Crippen molar-refractivity contribution in [2.75, 3.05) is 31.9 Å². The Kier molecular flexibility index (Phi) is 7.62. The second-order valence-corrected chi connectivity index (χ2v) is 7.96. The van der Waals surface area contributed by atoms with Crippen LogP contribution in [0.5, 0.6) is 0 Å². The molecule has 0 spiro atoms. The Morgan fingerprint density at radius 3 is 2.81 bits per heavy atom. The van der Waals surface area contributed by atoms with E-state index >= 15 is 0 Å². The number of piperidine rings is 1. The zero-order chi connectivity index (χ0) is 15.9. The van der Waals surface area contributed by atoms with Crippen LogP contribution in [0, 0.1) is 11.8 Å². The van der Waals surface area contributed by atoms with E-state index in [0.717, 1.165) is 25.7 Å². The highest BCUT2D eigenvalue weighted by molar-refractivity contribution is 7.89. The molecular formula is C14H29N3O3S. The lowest BCUT2D eigenvalue weighted by Gasteiger charge is -2.32. The number of amides is 1. The highest BCUT2D eigenvalue weighted by Crippen LogP contribution is 2.21. The molecule has 1 fully saturated rings. The maximum atomic E-state index is 12.4. The van der Waals surface area contributed by atoms with Gasteiger partial charge in [0, 0.05) is 26.2 Å². The molecule has 0 aliphatic carbocycles.